The number of rotatable bonds is 2. The van der Waals surface area contributed by atoms with Gasteiger partial charge in [0.15, 0.2) is 0 Å². The van der Waals surface area contributed by atoms with Gasteiger partial charge in [0.05, 0.1) is 4.88 Å². The molecule has 16 heavy (non-hydrogen) atoms. The SMILES string of the molecule is Cc1ccsc1C(=O)N1CCC(CCl)CC1. The molecule has 0 unspecified atom stereocenters. The number of hydrogen-bond donors (Lipinski definition) is 0. The number of piperidine rings is 1. The van der Waals surface area contributed by atoms with Crippen LogP contribution >= 0.6 is 22.9 Å². The third-order valence-electron chi connectivity index (χ3n) is 3.18. The van der Waals surface area contributed by atoms with Gasteiger partial charge in [0.25, 0.3) is 5.91 Å². The van der Waals surface area contributed by atoms with Crippen LogP contribution in [0.4, 0.5) is 0 Å². The van der Waals surface area contributed by atoms with Gasteiger partial charge in [-0.3, -0.25) is 4.79 Å². The third kappa shape index (κ3) is 2.41. The fourth-order valence-electron chi connectivity index (χ4n) is 2.03. The summed E-state index contributed by atoms with van der Waals surface area (Å²) in [5, 5.41) is 1.98. The Balaban J connectivity index is 2.00. The Morgan fingerprint density at radius 1 is 1.56 bits per heavy atom. The Bertz CT molecular complexity index is 369. The van der Waals surface area contributed by atoms with Crippen molar-refractivity contribution in [1.82, 2.24) is 4.90 Å². The van der Waals surface area contributed by atoms with E-state index >= 15 is 0 Å². The lowest BCUT2D eigenvalue weighted by Crippen LogP contribution is -2.38. The van der Waals surface area contributed by atoms with Crippen molar-refractivity contribution in [2.24, 2.45) is 5.92 Å². The van der Waals surface area contributed by atoms with E-state index in [1.165, 1.54) is 0 Å². The fourth-order valence-corrected chi connectivity index (χ4v) is 3.23. The molecular weight excluding hydrogens is 242 g/mol. The summed E-state index contributed by atoms with van der Waals surface area (Å²) < 4.78 is 0. The molecule has 1 aliphatic rings. The smallest absolute Gasteiger partial charge is 0.264 e. The van der Waals surface area contributed by atoms with Crippen molar-refractivity contribution in [3.63, 3.8) is 0 Å². The summed E-state index contributed by atoms with van der Waals surface area (Å²) in [5.41, 5.74) is 1.09. The number of amides is 1. The summed E-state index contributed by atoms with van der Waals surface area (Å²) in [4.78, 5) is 15.0. The van der Waals surface area contributed by atoms with Crippen LogP contribution in [0.5, 0.6) is 0 Å². The number of carbonyl (C=O) groups is 1. The minimum atomic E-state index is 0.195. The van der Waals surface area contributed by atoms with Crippen LogP contribution in [0, 0.1) is 12.8 Å². The zero-order chi connectivity index (χ0) is 11.5. The first kappa shape index (κ1) is 11.9. The summed E-state index contributed by atoms with van der Waals surface area (Å²) in [6.07, 6.45) is 2.08. The average molecular weight is 258 g/mol. The van der Waals surface area contributed by atoms with Crippen LogP contribution < -0.4 is 0 Å². The number of halogens is 1. The number of alkyl halides is 1. The number of carbonyl (C=O) groups excluding carboxylic acids is 1. The highest BCUT2D eigenvalue weighted by molar-refractivity contribution is 7.12. The summed E-state index contributed by atoms with van der Waals surface area (Å²) in [6, 6.07) is 2.00. The molecule has 0 spiro atoms. The number of nitrogens with zero attached hydrogens (tertiary/aromatic N) is 1. The highest BCUT2D eigenvalue weighted by atomic mass is 35.5. The van der Waals surface area contributed by atoms with Crippen molar-refractivity contribution < 1.29 is 4.79 Å². The molecule has 1 aromatic rings. The Labute approximate surface area is 105 Å². The van der Waals surface area contributed by atoms with E-state index in [1.54, 1.807) is 11.3 Å². The number of hydrogen-bond acceptors (Lipinski definition) is 2. The first-order chi connectivity index (χ1) is 7.72. The van der Waals surface area contributed by atoms with E-state index in [0.29, 0.717) is 5.92 Å². The van der Waals surface area contributed by atoms with Gasteiger partial charge in [0, 0.05) is 19.0 Å². The Morgan fingerprint density at radius 2 is 2.25 bits per heavy atom. The molecule has 1 fully saturated rings. The van der Waals surface area contributed by atoms with E-state index < -0.39 is 0 Å². The number of likely N-dealkylation sites (tertiary alicyclic amines) is 1. The second-order valence-corrected chi connectivity index (χ2v) is 5.55. The standard InChI is InChI=1S/C12H16ClNOS/c1-9-4-7-16-11(9)12(15)14-5-2-10(8-13)3-6-14/h4,7,10H,2-3,5-6,8H2,1H3. The topological polar surface area (TPSA) is 20.3 Å². The van der Waals surface area contributed by atoms with Crippen molar-refractivity contribution in [1.29, 1.82) is 0 Å². The van der Waals surface area contributed by atoms with E-state index in [1.807, 2.05) is 23.3 Å². The molecule has 1 saturated heterocycles. The zero-order valence-corrected chi connectivity index (χ0v) is 11.0. The molecule has 1 aromatic heterocycles. The first-order valence-corrected chi connectivity index (χ1v) is 7.03. The summed E-state index contributed by atoms with van der Waals surface area (Å²) in [7, 11) is 0. The molecule has 0 aliphatic carbocycles. The van der Waals surface area contributed by atoms with Gasteiger partial charge in [0.1, 0.15) is 0 Å². The normalized spacial score (nSPS) is 17.8. The lowest BCUT2D eigenvalue weighted by atomic mass is 9.99. The van der Waals surface area contributed by atoms with Gasteiger partial charge in [0.2, 0.25) is 0 Å². The molecular formula is C12H16ClNOS. The van der Waals surface area contributed by atoms with Crippen molar-refractivity contribution in [2.75, 3.05) is 19.0 Å². The maximum atomic E-state index is 12.2. The molecule has 0 saturated carbocycles. The van der Waals surface area contributed by atoms with Gasteiger partial charge in [-0.25, -0.2) is 0 Å². The molecule has 2 rings (SSSR count). The van der Waals surface area contributed by atoms with Crippen LogP contribution in [0.15, 0.2) is 11.4 Å². The number of aryl methyl sites for hydroxylation is 1. The maximum absolute atomic E-state index is 12.2. The van der Waals surface area contributed by atoms with Crippen LogP contribution in [0.3, 0.4) is 0 Å². The molecule has 2 nitrogen and oxygen atoms in total. The van der Waals surface area contributed by atoms with Crippen molar-refractivity contribution in [2.45, 2.75) is 19.8 Å². The highest BCUT2D eigenvalue weighted by Gasteiger charge is 2.24. The molecule has 0 bridgehead atoms. The maximum Gasteiger partial charge on any atom is 0.264 e. The van der Waals surface area contributed by atoms with E-state index in [0.717, 1.165) is 42.3 Å². The predicted molar refractivity (Wildman–Crippen MR) is 68.4 cm³/mol. The number of thiophene rings is 1. The van der Waals surface area contributed by atoms with Crippen molar-refractivity contribution in [3.05, 3.63) is 21.9 Å². The second-order valence-electron chi connectivity index (χ2n) is 4.32. The summed E-state index contributed by atoms with van der Waals surface area (Å²) >= 11 is 7.37. The Kier molecular flexibility index (Phi) is 3.87. The van der Waals surface area contributed by atoms with Crippen molar-refractivity contribution in [3.8, 4) is 0 Å². The molecule has 0 aromatic carbocycles. The molecule has 0 atom stereocenters. The van der Waals surface area contributed by atoms with Gasteiger partial charge < -0.3 is 4.90 Å². The summed E-state index contributed by atoms with van der Waals surface area (Å²) in [6.45, 7) is 3.70. The average Bonchev–Trinajstić information content (AvgIpc) is 2.75. The molecule has 0 N–H and O–H groups in total. The van der Waals surface area contributed by atoms with Crippen LogP contribution in [0.2, 0.25) is 0 Å². The monoisotopic (exact) mass is 257 g/mol. The molecule has 0 radical (unpaired) electrons. The van der Waals surface area contributed by atoms with Crippen LogP contribution in [-0.2, 0) is 0 Å². The minimum absolute atomic E-state index is 0.195. The largest absolute Gasteiger partial charge is 0.338 e. The van der Waals surface area contributed by atoms with Gasteiger partial charge >= 0.3 is 0 Å². The van der Waals surface area contributed by atoms with E-state index in [4.69, 9.17) is 11.6 Å². The van der Waals surface area contributed by atoms with E-state index in [9.17, 15) is 4.79 Å². The van der Waals surface area contributed by atoms with E-state index in [2.05, 4.69) is 0 Å². The van der Waals surface area contributed by atoms with Crippen LogP contribution in [0.25, 0.3) is 0 Å². The van der Waals surface area contributed by atoms with Gasteiger partial charge in [-0.2, -0.15) is 0 Å². The fraction of sp³-hybridized carbons (Fsp3) is 0.583. The van der Waals surface area contributed by atoms with Gasteiger partial charge in [-0.05, 0) is 42.7 Å². The molecule has 1 amide bonds. The first-order valence-electron chi connectivity index (χ1n) is 5.61. The van der Waals surface area contributed by atoms with Gasteiger partial charge in [-0.1, -0.05) is 0 Å². The van der Waals surface area contributed by atoms with Crippen molar-refractivity contribution >= 4 is 28.8 Å². The lowest BCUT2D eigenvalue weighted by molar-refractivity contribution is 0.0702. The predicted octanol–water partition coefficient (Wildman–Crippen LogP) is 3.15. The minimum Gasteiger partial charge on any atom is -0.338 e. The van der Waals surface area contributed by atoms with Gasteiger partial charge in [-0.15, -0.1) is 22.9 Å². The third-order valence-corrected chi connectivity index (χ3v) is 4.62. The van der Waals surface area contributed by atoms with Crippen LogP contribution in [0.1, 0.15) is 28.1 Å². The van der Waals surface area contributed by atoms with Crippen LogP contribution in [-0.4, -0.2) is 29.8 Å². The molecule has 2 heterocycles. The quantitative estimate of drug-likeness (QED) is 0.746. The summed E-state index contributed by atoms with van der Waals surface area (Å²) in [5.74, 6) is 1.51. The molecule has 88 valence electrons. The molecule has 4 heteroatoms. The zero-order valence-electron chi connectivity index (χ0n) is 9.41. The highest BCUT2D eigenvalue weighted by Crippen LogP contribution is 2.23. The van der Waals surface area contributed by atoms with E-state index in [-0.39, 0.29) is 5.91 Å². The Hall–Kier alpha value is -0.540. The lowest BCUT2D eigenvalue weighted by Gasteiger charge is -2.30. The Morgan fingerprint density at radius 3 is 2.75 bits per heavy atom. The molecule has 1 aliphatic heterocycles. The second kappa shape index (κ2) is 5.19.